The molecule has 0 radical (unpaired) electrons. The molecule has 0 bridgehead atoms. The Morgan fingerprint density at radius 2 is 1.85 bits per heavy atom. The average Bonchev–Trinajstić information content (AvgIpc) is 2.40. The highest BCUT2D eigenvalue weighted by Gasteiger charge is 2.24. The van der Waals surface area contributed by atoms with Crippen molar-refractivity contribution in [2.45, 2.75) is 20.4 Å². The molecule has 0 atom stereocenters. The fourth-order valence-corrected chi connectivity index (χ4v) is 3.25. The Bertz CT molecular complexity index is 545. The topological polar surface area (TPSA) is 49.9 Å². The van der Waals surface area contributed by atoms with Crippen molar-refractivity contribution in [3.63, 3.8) is 0 Å². The molecule has 0 N–H and O–H groups in total. The molecule has 0 saturated carbocycles. The first kappa shape index (κ1) is 16.9. The van der Waals surface area contributed by atoms with E-state index in [0.29, 0.717) is 18.7 Å². The molecule has 0 fully saturated rings. The van der Waals surface area contributed by atoms with Gasteiger partial charge in [0.2, 0.25) is 0 Å². The van der Waals surface area contributed by atoms with E-state index in [1.54, 1.807) is 19.9 Å². The second kappa shape index (κ2) is 7.01. The third-order valence-corrected chi connectivity index (χ3v) is 5.13. The highest BCUT2D eigenvalue weighted by atomic mass is 32.2. The van der Waals surface area contributed by atoms with Gasteiger partial charge < -0.3 is 4.74 Å². The SMILES string of the molecule is CCN(CC)S(=O)(=O)N(C)Cc1ccc(OC)c(F)c1. The standard InChI is InChI=1S/C13H21FN2O3S/c1-5-16(6-2)20(17,18)15(3)10-11-7-8-13(19-4)12(14)9-11/h7-9H,5-6,10H2,1-4H3. The summed E-state index contributed by atoms with van der Waals surface area (Å²) in [5.41, 5.74) is 0.571. The summed E-state index contributed by atoms with van der Waals surface area (Å²) in [6.45, 7) is 4.48. The number of hydrogen-bond acceptors (Lipinski definition) is 3. The van der Waals surface area contributed by atoms with Crippen LogP contribution >= 0.6 is 0 Å². The summed E-state index contributed by atoms with van der Waals surface area (Å²) in [4.78, 5) is 0. The van der Waals surface area contributed by atoms with Crippen LogP contribution in [0.1, 0.15) is 19.4 Å². The van der Waals surface area contributed by atoms with Crippen LogP contribution in [0, 0.1) is 5.82 Å². The molecular weight excluding hydrogens is 283 g/mol. The molecule has 1 aromatic rings. The van der Waals surface area contributed by atoms with Crippen molar-refractivity contribution < 1.29 is 17.5 Å². The Kier molecular flexibility index (Phi) is 5.91. The minimum atomic E-state index is -3.51. The summed E-state index contributed by atoms with van der Waals surface area (Å²) < 4.78 is 45.5. The second-order valence-electron chi connectivity index (χ2n) is 4.32. The number of methoxy groups -OCH3 is 1. The molecule has 0 aliphatic carbocycles. The van der Waals surface area contributed by atoms with E-state index in [0.717, 1.165) is 0 Å². The van der Waals surface area contributed by atoms with Crippen molar-refractivity contribution >= 4 is 10.2 Å². The van der Waals surface area contributed by atoms with E-state index in [1.165, 1.54) is 34.9 Å². The Morgan fingerprint density at radius 1 is 1.25 bits per heavy atom. The van der Waals surface area contributed by atoms with E-state index in [1.807, 2.05) is 0 Å². The summed E-state index contributed by atoms with van der Waals surface area (Å²) in [5, 5.41) is 0. The number of rotatable bonds is 7. The van der Waals surface area contributed by atoms with E-state index >= 15 is 0 Å². The average molecular weight is 304 g/mol. The Balaban J connectivity index is 2.90. The first-order valence-corrected chi connectivity index (χ1v) is 7.80. The van der Waals surface area contributed by atoms with Crippen LogP contribution in [0.5, 0.6) is 5.75 Å². The second-order valence-corrected chi connectivity index (χ2v) is 6.35. The first-order valence-electron chi connectivity index (χ1n) is 6.40. The molecule has 1 aromatic carbocycles. The van der Waals surface area contributed by atoms with Gasteiger partial charge in [0.25, 0.3) is 10.2 Å². The van der Waals surface area contributed by atoms with E-state index in [9.17, 15) is 12.8 Å². The van der Waals surface area contributed by atoms with Gasteiger partial charge in [0.15, 0.2) is 11.6 Å². The van der Waals surface area contributed by atoms with Crippen molar-refractivity contribution in [3.05, 3.63) is 29.6 Å². The lowest BCUT2D eigenvalue weighted by molar-refractivity contribution is 0.372. The molecule has 0 aliphatic heterocycles. The Hall–Kier alpha value is -1.18. The van der Waals surface area contributed by atoms with Crippen molar-refractivity contribution in [2.24, 2.45) is 0 Å². The zero-order chi connectivity index (χ0) is 15.3. The maximum Gasteiger partial charge on any atom is 0.282 e. The van der Waals surface area contributed by atoms with Crippen LogP contribution in [0.3, 0.4) is 0 Å². The van der Waals surface area contributed by atoms with Gasteiger partial charge >= 0.3 is 0 Å². The van der Waals surface area contributed by atoms with Crippen LogP contribution in [-0.4, -0.2) is 44.3 Å². The molecule has 0 aliphatic rings. The minimum absolute atomic E-state index is 0.111. The van der Waals surface area contributed by atoms with E-state index in [2.05, 4.69) is 0 Å². The highest BCUT2D eigenvalue weighted by Crippen LogP contribution is 2.19. The van der Waals surface area contributed by atoms with Crippen molar-refractivity contribution in [1.82, 2.24) is 8.61 Å². The molecule has 7 heteroatoms. The van der Waals surface area contributed by atoms with Gasteiger partial charge in [-0.15, -0.1) is 0 Å². The van der Waals surface area contributed by atoms with Gasteiger partial charge in [-0.1, -0.05) is 19.9 Å². The van der Waals surface area contributed by atoms with E-state index < -0.39 is 16.0 Å². The predicted octanol–water partition coefficient (Wildman–Crippen LogP) is 1.85. The molecule has 0 saturated heterocycles. The largest absolute Gasteiger partial charge is 0.494 e. The maximum atomic E-state index is 13.6. The third kappa shape index (κ3) is 3.68. The van der Waals surface area contributed by atoms with Gasteiger partial charge in [-0.3, -0.25) is 0 Å². The summed E-state index contributed by atoms with van der Waals surface area (Å²) in [6.07, 6.45) is 0. The summed E-state index contributed by atoms with van der Waals surface area (Å²) in [5.74, 6) is -0.360. The molecule has 0 heterocycles. The zero-order valence-corrected chi connectivity index (χ0v) is 13.1. The van der Waals surface area contributed by atoms with Crippen LogP contribution in [-0.2, 0) is 16.8 Å². The van der Waals surface area contributed by atoms with Crippen molar-refractivity contribution in [3.8, 4) is 5.75 Å². The third-order valence-electron chi connectivity index (χ3n) is 3.05. The van der Waals surface area contributed by atoms with Crippen molar-refractivity contribution in [1.29, 1.82) is 0 Å². The number of halogens is 1. The summed E-state index contributed by atoms with van der Waals surface area (Å²) >= 11 is 0. The summed E-state index contributed by atoms with van der Waals surface area (Å²) in [6, 6.07) is 4.42. The number of hydrogen-bond donors (Lipinski definition) is 0. The van der Waals surface area contributed by atoms with Crippen LogP contribution < -0.4 is 4.74 Å². The molecule has 0 unspecified atom stereocenters. The fraction of sp³-hybridized carbons (Fsp3) is 0.538. The lowest BCUT2D eigenvalue weighted by atomic mass is 10.2. The van der Waals surface area contributed by atoms with Crippen LogP contribution in [0.4, 0.5) is 4.39 Å². The molecule has 114 valence electrons. The summed E-state index contributed by atoms with van der Waals surface area (Å²) in [7, 11) is -0.649. The minimum Gasteiger partial charge on any atom is -0.494 e. The zero-order valence-electron chi connectivity index (χ0n) is 12.3. The van der Waals surface area contributed by atoms with E-state index in [4.69, 9.17) is 4.74 Å². The predicted molar refractivity (Wildman–Crippen MR) is 76.3 cm³/mol. The number of benzene rings is 1. The fourth-order valence-electron chi connectivity index (χ4n) is 1.89. The van der Waals surface area contributed by atoms with Crippen LogP contribution in [0.2, 0.25) is 0 Å². The quantitative estimate of drug-likeness (QED) is 0.772. The molecule has 0 spiro atoms. The first-order chi connectivity index (χ1) is 9.36. The highest BCUT2D eigenvalue weighted by molar-refractivity contribution is 7.86. The monoisotopic (exact) mass is 304 g/mol. The van der Waals surface area contributed by atoms with Gasteiger partial charge in [0.05, 0.1) is 7.11 Å². The number of nitrogens with zero attached hydrogens (tertiary/aromatic N) is 2. The van der Waals surface area contributed by atoms with Gasteiger partial charge in [0, 0.05) is 26.7 Å². The molecule has 5 nitrogen and oxygen atoms in total. The normalized spacial score (nSPS) is 12.2. The Labute approximate surface area is 120 Å². The van der Waals surface area contributed by atoms with Gasteiger partial charge in [-0.05, 0) is 17.7 Å². The van der Waals surface area contributed by atoms with Gasteiger partial charge in [0.1, 0.15) is 0 Å². The van der Waals surface area contributed by atoms with Gasteiger partial charge in [-0.2, -0.15) is 17.0 Å². The molecule has 1 rings (SSSR count). The molecule has 0 amide bonds. The lowest BCUT2D eigenvalue weighted by Gasteiger charge is -2.25. The lowest BCUT2D eigenvalue weighted by Crippen LogP contribution is -2.41. The molecule has 0 aromatic heterocycles. The molecular formula is C13H21FN2O3S. The van der Waals surface area contributed by atoms with Gasteiger partial charge in [-0.25, -0.2) is 4.39 Å². The Morgan fingerprint density at radius 3 is 2.30 bits per heavy atom. The number of ether oxygens (including phenoxy) is 1. The van der Waals surface area contributed by atoms with Crippen LogP contribution in [0.15, 0.2) is 18.2 Å². The van der Waals surface area contributed by atoms with Crippen LogP contribution in [0.25, 0.3) is 0 Å². The smallest absolute Gasteiger partial charge is 0.282 e. The van der Waals surface area contributed by atoms with E-state index in [-0.39, 0.29) is 12.3 Å². The molecule has 20 heavy (non-hydrogen) atoms. The maximum absolute atomic E-state index is 13.6. The van der Waals surface area contributed by atoms with Crippen molar-refractivity contribution in [2.75, 3.05) is 27.2 Å².